The van der Waals surface area contributed by atoms with Crippen molar-refractivity contribution < 1.29 is 32.3 Å². The maximum Gasteiger partial charge on any atom is 0.419 e. The number of benzene rings is 1. The number of aryl methyl sites for hydroxylation is 1. The highest BCUT2D eigenvalue weighted by molar-refractivity contribution is 6.04. The monoisotopic (exact) mass is 429 g/mol. The molecule has 0 spiro atoms. The van der Waals surface area contributed by atoms with Crippen LogP contribution in [0, 0.1) is 5.82 Å². The fraction of sp³-hybridized carbons (Fsp3) is 0.389. The zero-order valence-electron chi connectivity index (χ0n) is 15.8. The predicted octanol–water partition coefficient (Wildman–Crippen LogP) is 2.82. The fourth-order valence-electron chi connectivity index (χ4n) is 3.01. The lowest BCUT2D eigenvalue weighted by Crippen LogP contribution is -2.42. The number of aliphatic hydroxyl groups is 1. The Hall–Kier alpha value is -3.15. The Morgan fingerprint density at radius 3 is 2.47 bits per heavy atom. The van der Waals surface area contributed by atoms with Crippen molar-refractivity contribution in [3.8, 4) is 0 Å². The lowest BCUT2D eigenvalue weighted by atomic mass is 10.1. The number of alkyl halides is 3. The van der Waals surface area contributed by atoms with E-state index in [1.165, 1.54) is 18.0 Å². The zero-order chi connectivity index (χ0) is 22.1. The predicted molar refractivity (Wildman–Crippen MR) is 98.4 cm³/mol. The van der Waals surface area contributed by atoms with Crippen LogP contribution in [0.1, 0.15) is 28.9 Å². The number of amides is 3. The highest BCUT2D eigenvalue weighted by atomic mass is 19.4. The van der Waals surface area contributed by atoms with E-state index in [-0.39, 0.29) is 17.2 Å². The minimum atomic E-state index is -4.90. The van der Waals surface area contributed by atoms with Gasteiger partial charge in [0.25, 0.3) is 5.91 Å². The van der Waals surface area contributed by atoms with Crippen molar-refractivity contribution in [2.24, 2.45) is 7.05 Å². The molecule has 0 radical (unpaired) electrons. The Morgan fingerprint density at radius 2 is 1.83 bits per heavy atom. The van der Waals surface area contributed by atoms with E-state index in [2.05, 4.69) is 15.7 Å². The summed E-state index contributed by atoms with van der Waals surface area (Å²) in [4.78, 5) is 26.2. The number of nitrogens with one attached hydrogen (secondary N) is 2. The van der Waals surface area contributed by atoms with E-state index in [0.29, 0.717) is 38.1 Å². The smallest absolute Gasteiger partial charge is 0.393 e. The topological polar surface area (TPSA) is 99.5 Å². The Kier molecular flexibility index (Phi) is 5.97. The molecule has 2 heterocycles. The molecule has 1 aliphatic rings. The van der Waals surface area contributed by atoms with Crippen LogP contribution in [0.15, 0.2) is 24.3 Å². The molecule has 3 rings (SSSR count). The quantitative estimate of drug-likeness (QED) is 0.654. The number of carbonyl (C=O) groups excluding carboxylic acids is 2. The number of urea groups is 1. The van der Waals surface area contributed by atoms with Crippen LogP contribution in [0.2, 0.25) is 0 Å². The standard InChI is InChI=1S/C18H19F4N5O3/c1-26-14(9-15(25-26)24-17(30)27-6-4-11(28)5-7-27)16(29)23-10-2-3-13(19)12(8-10)18(20,21)22/h2-3,8-9,11,28H,4-7H2,1H3,(H,23,29)(H,24,25,30). The molecule has 1 fully saturated rings. The fourth-order valence-corrected chi connectivity index (χ4v) is 3.01. The first-order chi connectivity index (χ1) is 14.0. The molecule has 1 aromatic carbocycles. The molecule has 3 amide bonds. The van der Waals surface area contributed by atoms with E-state index in [1.807, 2.05) is 0 Å². The second-order valence-corrected chi connectivity index (χ2v) is 6.83. The van der Waals surface area contributed by atoms with E-state index >= 15 is 0 Å². The van der Waals surface area contributed by atoms with Crippen LogP contribution < -0.4 is 10.6 Å². The average molecular weight is 429 g/mol. The van der Waals surface area contributed by atoms with Crippen LogP contribution in [0.4, 0.5) is 33.9 Å². The number of anilines is 2. The molecule has 1 saturated heterocycles. The Balaban J connectivity index is 1.69. The molecule has 1 aliphatic heterocycles. The number of carbonyl (C=O) groups is 2. The van der Waals surface area contributed by atoms with Crippen molar-refractivity contribution in [3.63, 3.8) is 0 Å². The van der Waals surface area contributed by atoms with Gasteiger partial charge in [0.05, 0.1) is 11.7 Å². The lowest BCUT2D eigenvalue weighted by molar-refractivity contribution is -0.139. The maximum absolute atomic E-state index is 13.4. The van der Waals surface area contributed by atoms with Crippen LogP contribution in [0.5, 0.6) is 0 Å². The van der Waals surface area contributed by atoms with Gasteiger partial charge in [-0.25, -0.2) is 9.18 Å². The molecule has 12 heteroatoms. The van der Waals surface area contributed by atoms with Gasteiger partial charge < -0.3 is 15.3 Å². The SMILES string of the molecule is Cn1nc(NC(=O)N2CCC(O)CC2)cc1C(=O)Nc1ccc(F)c(C(F)(F)F)c1. The van der Waals surface area contributed by atoms with Crippen LogP contribution >= 0.6 is 0 Å². The third-order valence-corrected chi connectivity index (χ3v) is 4.63. The van der Waals surface area contributed by atoms with Gasteiger partial charge in [-0.05, 0) is 31.0 Å². The molecule has 8 nitrogen and oxygen atoms in total. The molecule has 0 unspecified atom stereocenters. The van der Waals surface area contributed by atoms with E-state index in [1.54, 1.807) is 0 Å². The summed E-state index contributed by atoms with van der Waals surface area (Å²) in [5.74, 6) is -2.16. The summed E-state index contributed by atoms with van der Waals surface area (Å²) >= 11 is 0. The van der Waals surface area contributed by atoms with Gasteiger partial charge in [0.2, 0.25) is 0 Å². The van der Waals surface area contributed by atoms with Gasteiger partial charge in [-0.1, -0.05) is 0 Å². The number of piperidine rings is 1. The third kappa shape index (κ3) is 4.87. The van der Waals surface area contributed by atoms with Crippen LogP contribution in [-0.4, -0.2) is 50.9 Å². The molecule has 0 bridgehead atoms. The third-order valence-electron chi connectivity index (χ3n) is 4.63. The summed E-state index contributed by atoms with van der Waals surface area (Å²) in [5, 5.41) is 18.3. The van der Waals surface area contributed by atoms with Crippen molar-refractivity contribution in [1.82, 2.24) is 14.7 Å². The van der Waals surface area contributed by atoms with E-state index < -0.39 is 35.6 Å². The molecule has 1 aromatic heterocycles. The highest BCUT2D eigenvalue weighted by Gasteiger charge is 2.34. The minimum Gasteiger partial charge on any atom is -0.393 e. The minimum absolute atomic E-state index is 0.0303. The Morgan fingerprint density at radius 1 is 1.17 bits per heavy atom. The second kappa shape index (κ2) is 8.30. The number of hydrogen-bond acceptors (Lipinski definition) is 4. The molecule has 3 N–H and O–H groups in total. The molecular formula is C18H19F4N5O3. The summed E-state index contributed by atoms with van der Waals surface area (Å²) in [6, 6.07) is 2.94. The largest absolute Gasteiger partial charge is 0.419 e. The molecule has 162 valence electrons. The van der Waals surface area contributed by atoms with Crippen molar-refractivity contribution in [3.05, 3.63) is 41.3 Å². The first-order valence-electron chi connectivity index (χ1n) is 9.00. The van der Waals surface area contributed by atoms with Gasteiger partial charge in [-0.15, -0.1) is 0 Å². The van der Waals surface area contributed by atoms with Crippen LogP contribution in [-0.2, 0) is 13.2 Å². The summed E-state index contributed by atoms with van der Waals surface area (Å²) in [5.41, 5.74) is -1.77. The summed E-state index contributed by atoms with van der Waals surface area (Å²) < 4.78 is 53.0. The number of halogens is 4. The Bertz CT molecular complexity index is 952. The van der Waals surface area contributed by atoms with E-state index in [0.717, 1.165) is 10.7 Å². The number of likely N-dealkylation sites (tertiary alicyclic amines) is 1. The molecular weight excluding hydrogens is 410 g/mol. The molecule has 0 saturated carbocycles. The van der Waals surface area contributed by atoms with Gasteiger partial charge in [0.1, 0.15) is 11.5 Å². The summed E-state index contributed by atoms with van der Waals surface area (Å²) in [6.45, 7) is 0.749. The van der Waals surface area contributed by atoms with Crippen molar-refractivity contribution in [1.29, 1.82) is 0 Å². The molecule has 0 atom stereocenters. The zero-order valence-corrected chi connectivity index (χ0v) is 15.8. The molecule has 0 aliphatic carbocycles. The normalized spacial score (nSPS) is 15.2. The Labute approximate surface area is 168 Å². The summed E-state index contributed by atoms with van der Waals surface area (Å²) in [7, 11) is 1.42. The van der Waals surface area contributed by atoms with E-state index in [4.69, 9.17) is 0 Å². The summed E-state index contributed by atoms with van der Waals surface area (Å²) in [6.07, 6.45) is -4.43. The van der Waals surface area contributed by atoms with Gasteiger partial charge >= 0.3 is 12.2 Å². The van der Waals surface area contributed by atoms with Crippen molar-refractivity contribution in [2.45, 2.75) is 25.1 Å². The van der Waals surface area contributed by atoms with E-state index in [9.17, 15) is 32.3 Å². The number of rotatable bonds is 3. The average Bonchev–Trinajstić information content (AvgIpc) is 3.03. The first-order valence-corrected chi connectivity index (χ1v) is 9.00. The maximum atomic E-state index is 13.4. The van der Waals surface area contributed by atoms with Crippen LogP contribution in [0.25, 0.3) is 0 Å². The lowest BCUT2D eigenvalue weighted by Gasteiger charge is -2.29. The number of aliphatic hydroxyl groups excluding tert-OH is 1. The van der Waals surface area contributed by atoms with Crippen molar-refractivity contribution in [2.75, 3.05) is 23.7 Å². The van der Waals surface area contributed by atoms with Gasteiger partial charge in [-0.3, -0.25) is 14.8 Å². The number of nitrogens with zero attached hydrogens (tertiary/aromatic N) is 3. The number of hydrogen-bond donors (Lipinski definition) is 3. The number of aromatic nitrogens is 2. The van der Waals surface area contributed by atoms with Gasteiger partial charge in [-0.2, -0.15) is 18.3 Å². The van der Waals surface area contributed by atoms with Gasteiger partial charge in [0, 0.05) is 31.9 Å². The van der Waals surface area contributed by atoms with Crippen LogP contribution in [0.3, 0.4) is 0 Å². The highest BCUT2D eigenvalue weighted by Crippen LogP contribution is 2.33. The van der Waals surface area contributed by atoms with Gasteiger partial charge in [0.15, 0.2) is 5.82 Å². The molecule has 30 heavy (non-hydrogen) atoms. The second-order valence-electron chi connectivity index (χ2n) is 6.83. The molecule has 2 aromatic rings. The van der Waals surface area contributed by atoms with Crippen molar-refractivity contribution >= 4 is 23.4 Å². The first kappa shape index (κ1) is 21.6.